The molecule has 19 heavy (non-hydrogen) atoms. The summed E-state index contributed by atoms with van der Waals surface area (Å²) in [6.45, 7) is 4.65. The van der Waals surface area contributed by atoms with Crippen molar-refractivity contribution in [3.63, 3.8) is 0 Å². The molecule has 2 unspecified atom stereocenters. The van der Waals surface area contributed by atoms with E-state index in [0.29, 0.717) is 13.0 Å². The molecule has 1 aliphatic carbocycles. The van der Waals surface area contributed by atoms with Crippen molar-refractivity contribution in [2.24, 2.45) is 17.1 Å². The van der Waals surface area contributed by atoms with Gasteiger partial charge in [0.15, 0.2) is 0 Å². The molecule has 2 atom stereocenters. The Bertz CT molecular complexity index is 329. The van der Waals surface area contributed by atoms with Crippen LogP contribution >= 0.6 is 0 Å². The largest absolute Gasteiger partial charge is 0.481 e. The highest BCUT2D eigenvalue weighted by molar-refractivity contribution is 5.79. The van der Waals surface area contributed by atoms with E-state index in [1.807, 2.05) is 13.8 Å². The van der Waals surface area contributed by atoms with Crippen LogP contribution < -0.4 is 11.1 Å². The number of carboxylic acids is 1. The van der Waals surface area contributed by atoms with Gasteiger partial charge in [-0.05, 0) is 31.1 Å². The van der Waals surface area contributed by atoms with E-state index in [2.05, 4.69) is 5.32 Å². The van der Waals surface area contributed by atoms with Crippen LogP contribution in [0.4, 0.5) is 0 Å². The summed E-state index contributed by atoms with van der Waals surface area (Å²) in [7, 11) is 0. The standard InChI is InChI=1S/C14H26N2O3/c1-14(2,7-6-12(17)18)8-9-16-13(19)10-4-3-5-11(10)15/h10-11H,3-9,15H2,1-2H3,(H,16,19)(H,17,18). The van der Waals surface area contributed by atoms with Gasteiger partial charge in [0.1, 0.15) is 0 Å². The molecule has 0 radical (unpaired) electrons. The molecule has 0 saturated heterocycles. The molecule has 1 fully saturated rings. The average Bonchev–Trinajstić information content (AvgIpc) is 2.73. The van der Waals surface area contributed by atoms with Crippen molar-refractivity contribution in [3.8, 4) is 0 Å². The van der Waals surface area contributed by atoms with E-state index < -0.39 is 5.97 Å². The number of hydrogen-bond acceptors (Lipinski definition) is 3. The molecule has 1 saturated carbocycles. The lowest BCUT2D eigenvalue weighted by molar-refractivity contribution is -0.137. The lowest BCUT2D eigenvalue weighted by Crippen LogP contribution is -2.39. The number of carboxylic acid groups (broad SMARTS) is 1. The number of nitrogens with two attached hydrogens (primary N) is 1. The highest BCUT2D eigenvalue weighted by atomic mass is 16.4. The number of aliphatic carboxylic acids is 1. The fourth-order valence-electron chi connectivity index (χ4n) is 2.54. The first-order valence-electron chi connectivity index (χ1n) is 7.07. The van der Waals surface area contributed by atoms with Crippen molar-refractivity contribution in [1.82, 2.24) is 5.32 Å². The minimum Gasteiger partial charge on any atom is -0.481 e. The van der Waals surface area contributed by atoms with E-state index in [9.17, 15) is 9.59 Å². The van der Waals surface area contributed by atoms with Gasteiger partial charge in [-0.15, -0.1) is 0 Å². The van der Waals surface area contributed by atoms with Crippen LogP contribution in [-0.2, 0) is 9.59 Å². The summed E-state index contributed by atoms with van der Waals surface area (Å²) in [5.74, 6) is -0.754. The Morgan fingerprint density at radius 3 is 2.53 bits per heavy atom. The van der Waals surface area contributed by atoms with Crippen molar-refractivity contribution < 1.29 is 14.7 Å². The van der Waals surface area contributed by atoms with Crippen LogP contribution in [0.3, 0.4) is 0 Å². The fraction of sp³-hybridized carbons (Fsp3) is 0.857. The predicted octanol–water partition coefficient (Wildman–Crippen LogP) is 1.51. The molecule has 5 heteroatoms. The number of nitrogens with one attached hydrogen (secondary N) is 1. The smallest absolute Gasteiger partial charge is 0.303 e. The SMILES string of the molecule is CC(C)(CCNC(=O)C1CCCC1N)CCC(=O)O. The molecular formula is C14H26N2O3. The Morgan fingerprint density at radius 2 is 2.00 bits per heavy atom. The quantitative estimate of drug-likeness (QED) is 0.654. The molecule has 1 rings (SSSR count). The van der Waals surface area contributed by atoms with Crippen LogP contribution in [0.25, 0.3) is 0 Å². The van der Waals surface area contributed by atoms with Crippen LogP contribution in [0.15, 0.2) is 0 Å². The molecule has 0 aromatic heterocycles. The molecule has 0 aromatic rings. The number of carbonyl (C=O) groups excluding carboxylic acids is 1. The first kappa shape index (κ1) is 16.0. The summed E-state index contributed by atoms with van der Waals surface area (Å²) >= 11 is 0. The van der Waals surface area contributed by atoms with Gasteiger partial charge >= 0.3 is 5.97 Å². The summed E-state index contributed by atoms with van der Waals surface area (Å²) < 4.78 is 0. The summed E-state index contributed by atoms with van der Waals surface area (Å²) in [5.41, 5.74) is 5.83. The van der Waals surface area contributed by atoms with Crippen LogP contribution in [0.1, 0.15) is 52.4 Å². The van der Waals surface area contributed by atoms with Gasteiger partial charge in [-0.2, -0.15) is 0 Å². The molecule has 0 spiro atoms. The fourth-order valence-corrected chi connectivity index (χ4v) is 2.54. The van der Waals surface area contributed by atoms with E-state index in [1.54, 1.807) is 0 Å². The van der Waals surface area contributed by atoms with Crippen molar-refractivity contribution in [2.45, 2.75) is 58.4 Å². The summed E-state index contributed by atoms with van der Waals surface area (Å²) in [5, 5.41) is 11.6. The lowest BCUT2D eigenvalue weighted by atomic mass is 9.84. The monoisotopic (exact) mass is 270 g/mol. The summed E-state index contributed by atoms with van der Waals surface area (Å²) in [4.78, 5) is 22.5. The Balaban J connectivity index is 2.25. The van der Waals surface area contributed by atoms with E-state index in [-0.39, 0.29) is 29.7 Å². The number of rotatable bonds is 7. The second-order valence-electron chi connectivity index (χ2n) is 6.30. The molecular weight excluding hydrogens is 244 g/mol. The number of amides is 1. The van der Waals surface area contributed by atoms with Crippen molar-refractivity contribution >= 4 is 11.9 Å². The zero-order chi connectivity index (χ0) is 14.5. The third-order valence-corrected chi connectivity index (χ3v) is 4.02. The minimum absolute atomic E-state index is 0.0000191. The molecule has 0 aliphatic heterocycles. The highest BCUT2D eigenvalue weighted by Gasteiger charge is 2.30. The third kappa shape index (κ3) is 5.59. The van der Waals surface area contributed by atoms with Gasteiger partial charge in [-0.25, -0.2) is 0 Å². The number of hydrogen-bond donors (Lipinski definition) is 3. The Labute approximate surface area is 114 Å². The van der Waals surface area contributed by atoms with Crippen molar-refractivity contribution in [2.75, 3.05) is 6.54 Å². The molecule has 1 amide bonds. The van der Waals surface area contributed by atoms with Crippen molar-refractivity contribution in [1.29, 1.82) is 0 Å². The zero-order valence-corrected chi connectivity index (χ0v) is 11.9. The second kappa shape index (κ2) is 6.89. The summed E-state index contributed by atoms with van der Waals surface area (Å²) in [6, 6.07) is 0.0000191. The van der Waals surface area contributed by atoms with E-state index in [4.69, 9.17) is 10.8 Å². The third-order valence-electron chi connectivity index (χ3n) is 4.02. The maximum absolute atomic E-state index is 11.9. The van der Waals surface area contributed by atoms with Gasteiger partial charge in [0.2, 0.25) is 5.91 Å². The molecule has 5 nitrogen and oxygen atoms in total. The van der Waals surface area contributed by atoms with E-state index in [0.717, 1.165) is 25.7 Å². The van der Waals surface area contributed by atoms with Gasteiger partial charge < -0.3 is 16.2 Å². The topological polar surface area (TPSA) is 92.4 Å². The maximum atomic E-state index is 11.9. The van der Waals surface area contributed by atoms with Crippen LogP contribution in [0, 0.1) is 11.3 Å². The highest BCUT2D eigenvalue weighted by Crippen LogP contribution is 2.27. The van der Waals surface area contributed by atoms with Crippen LogP contribution in [0.2, 0.25) is 0 Å². The molecule has 1 aliphatic rings. The Hall–Kier alpha value is -1.10. The van der Waals surface area contributed by atoms with Crippen LogP contribution in [-0.4, -0.2) is 29.6 Å². The maximum Gasteiger partial charge on any atom is 0.303 e. The zero-order valence-electron chi connectivity index (χ0n) is 11.9. The van der Waals surface area contributed by atoms with Crippen LogP contribution in [0.5, 0.6) is 0 Å². The normalized spacial score (nSPS) is 23.3. The molecule has 0 aromatic carbocycles. The lowest BCUT2D eigenvalue weighted by Gasteiger charge is -2.24. The summed E-state index contributed by atoms with van der Waals surface area (Å²) in [6.07, 6.45) is 4.44. The van der Waals surface area contributed by atoms with Gasteiger partial charge in [0.05, 0.1) is 5.92 Å². The molecule has 0 heterocycles. The Kier molecular flexibility index (Phi) is 5.79. The molecule has 4 N–H and O–H groups in total. The predicted molar refractivity (Wildman–Crippen MR) is 73.6 cm³/mol. The Morgan fingerprint density at radius 1 is 1.32 bits per heavy atom. The molecule has 110 valence electrons. The molecule has 0 bridgehead atoms. The van der Waals surface area contributed by atoms with E-state index in [1.165, 1.54) is 0 Å². The van der Waals surface area contributed by atoms with Crippen molar-refractivity contribution in [3.05, 3.63) is 0 Å². The van der Waals surface area contributed by atoms with E-state index >= 15 is 0 Å². The average molecular weight is 270 g/mol. The number of carbonyl (C=O) groups is 2. The van der Waals surface area contributed by atoms with Gasteiger partial charge in [0.25, 0.3) is 0 Å². The first-order valence-corrected chi connectivity index (χ1v) is 7.07. The van der Waals surface area contributed by atoms with Gasteiger partial charge in [0, 0.05) is 19.0 Å². The second-order valence-corrected chi connectivity index (χ2v) is 6.30. The minimum atomic E-state index is -0.769. The first-order chi connectivity index (χ1) is 8.82. The van der Waals surface area contributed by atoms with Gasteiger partial charge in [-0.1, -0.05) is 20.3 Å². The van der Waals surface area contributed by atoms with Gasteiger partial charge in [-0.3, -0.25) is 9.59 Å².